The SMILES string of the molecule is CCCCN(CCCC)C(CN)CC(=O)N(CC)CC. The van der Waals surface area contributed by atoms with Crippen LogP contribution in [0.3, 0.4) is 0 Å². The molecule has 2 N–H and O–H groups in total. The average Bonchev–Trinajstić information content (AvgIpc) is 2.46. The Bertz CT molecular complexity index is 234. The summed E-state index contributed by atoms with van der Waals surface area (Å²) < 4.78 is 0. The Kier molecular flexibility index (Phi) is 11.8. The van der Waals surface area contributed by atoms with Gasteiger partial charge < -0.3 is 10.6 Å². The number of rotatable bonds is 12. The predicted octanol–water partition coefficient (Wildman–Crippen LogP) is 2.47. The van der Waals surface area contributed by atoms with E-state index in [1.165, 1.54) is 25.7 Å². The molecule has 4 heteroatoms. The van der Waals surface area contributed by atoms with Crippen molar-refractivity contribution in [1.29, 1.82) is 0 Å². The van der Waals surface area contributed by atoms with Gasteiger partial charge in [-0.2, -0.15) is 0 Å². The van der Waals surface area contributed by atoms with Gasteiger partial charge in [0.25, 0.3) is 0 Å². The standard InChI is InChI=1S/C16H35N3O/c1-5-9-11-19(12-10-6-2)15(14-17)13-16(20)18(7-3)8-4/h15H,5-14,17H2,1-4H3. The Morgan fingerprint density at radius 2 is 1.50 bits per heavy atom. The minimum Gasteiger partial charge on any atom is -0.343 e. The maximum absolute atomic E-state index is 12.3. The molecule has 0 aromatic heterocycles. The first-order valence-corrected chi connectivity index (χ1v) is 8.36. The molecule has 0 fully saturated rings. The molecule has 0 aliphatic rings. The van der Waals surface area contributed by atoms with Gasteiger partial charge in [0.05, 0.1) is 0 Å². The molecular formula is C16H35N3O. The van der Waals surface area contributed by atoms with Crippen molar-refractivity contribution < 1.29 is 4.79 Å². The van der Waals surface area contributed by atoms with Gasteiger partial charge in [0.2, 0.25) is 5.91 Å². The van der Waals surface area contributed by atoms with Crippen molar-refractivity contribution in [2.24, 2.45) is 5.73 Å². The van der Waals surface area contributed by atoms with Crippen LogP contribution in [0.1, 0.15) is 59.8 Å². The summed E-state index contributed by atoms with van der Waals surface area (Å²) >= 11 is 0. The molecule has 0 aliphatic heterocycles. The second kappa shape index (κ2) is 12.2. The van der Waals surface area contributed by atoms with E-state index >= 15 is 0 Å². The van der Waals surface area contributed by atoms with Gasteiger partial charge in [0, 0.05) is 32.1 Å². The van der Waals surface area contributed by atoms with Crippen molar-refractivity contribution in [3.05, 3.63) is 0 Å². The van der Waals surface area contributed by atoms with E-state index in [1.54, 1.807) is 0 Å². The monoisotopic (exact) mass is 285 g/mol. The van der Waals surface area contributed by atoms with Crippen molar-refractivity contribution in [1.82, 2.24) is 9.80 Å². The Morgan fingerprint density at radius 1 is 1.00 bits per heavy atom. The molecule has 0 saturated carbocycles. The summed E-state index contributed by atoms with van der Waals surface area (Å²) in [5.74, 6) is 0.239. The molecule has 0 radical (unpaired) electrons. The molecule has 1 unspecified atom stereocenters. The van der Waals surface area contributed by atoms with Crippen molar-refractivity contribution >= 4 is 5.91 Å². The first-order valence-electron chi connectivity index (χ1n) is 8.36. The van der Waals surface area contributed by atoms with E-state index in [4.69, 9.17) is 5.73 Å². The van der Waals surface area contributed by atoms with Gasteiger partial charge >= 0.3 is 0 Å². The summed E-state index contributed by atoms with van der Waals surface area (Å²) in [5, 5.41) is 0. The number of hydrogen-bond acceptors (Lipinski definition) is 3. The highest BCUT2D eigenvalue weighted by Crippen LogP contribution is 2.10. The summed E-state index contributed by atoms with van der Waals surface area (Å²) in [6.45, 7) is 12.7. The van der Waals surface area contributed by atoms with E-state index in [0.29, 0.717) is 13.0 Å². The molecule has 120 valence electrons. The van der Waals surface area contributed by atoms with Crippen LogP contribution in [0.4, 0.5) is 0 Å². The first-order chi connectivity index (χ1) is 9.64. The van der Waals surface area contributed by atoms with E-state index in [2.05, 4.69) is 18.7 Å². The van der Waals surface area contributed by atoms with Gasteiger partial charge in [-0.25, -0.2) is 0 Å². The number of hydrogen-bond donors (Lipinski definition) is 1. The van der Waals surface area contributed by atoms with Crippen LogP contribution in [0.15, 0.2) is 0 Å². The van der Waals surface area contributed by atoms with Crippen LogP contribution >= 0.6 is 0 Å². The van der Waals surface area contributed by atoms with Gasteiger partial charge in [0.15, 0.2) is 0 Å². The first kappa shape index (κ1) is 19.4. The molecule has 20 heavy (non-hydrogen) atoms. The summed E-state index contributed by atoms with van der Waals surface area (Å²) in [5.41, 5.74) is 5.94. The zero-order chi connectivity index (χ0) is 15.4. The van der Waals surface area contributed by atoms with Gasteiger partial charge in [-0.15, -0.1) is 0 Å². The number of unbranched alkanes of at least 4 members (excludes halogenated alkanes) is 2. The lowest BCUT2D eigenvalue weighted by Crippen LogP contribution is -2.45. The zero-order valence-corrected chi connectivity index (χ0v) is 14.0. The second-order valence-electron chi connectivity index (χ2n) is 5.40. The van der Waals surface area contributed by atoms with Crippen molar-refractivity contribution in [2.75, 3.05) is 32.7 Å². The lowest BCUT2D eigenvalue weighted by molar-refractivity contribution is -0.132. The zero-order valence-electron chi connectivity index (χ0n) is 14.0. The Labute approximate surface area is 125 Å². The minimum absolute atomic E-state index is 0.196. The van der Waals surface area contributed by atoms with Gasteiger partial charge in [-0.05, 0) is 39.8 Å². The number of amides is 1. The van der Waals surface area contributed by atoms with Gasteiger partial charge in [-0.3, -0.25) is 9.69 Å². The molecular weight excluding hydrogens is 250 g/mol. The molecule has 4 nitrogen and oxygen atoms in total. The van der Waals surface area contributed by atoms with Crippen LogP contribution in [0.2, 0.25) is 0 Å². The topological polar surface area (TPSA) is 49.6 Å². The highest BCUT2D eigenvalue weighted by molar-refractivity contribution is 5.76. The van der Waals surface area contributed by atoms with E-state index in [-0.39, 0.29) is 11.9 Å². The van der Waals surface area contributed by atoms with E-state index in [9.17, 15) is 4.79 Å². The number of nitrogens with two attached hydrogens (primary N) is 1. The third-order valence-electron chi connectivity index (χ3n) is 3.91. The van der Waals surface area contributed by atoms with Crippen molar-refractivity contribution in [3.8, 4) is 0 Å². The van der Waals surface area contributed by atoms with Crippen LogP contribution in [-0.4, -0.2) is 54.5 Å². The largest absolute Gasteiger partial charge is 0.343 e. The second-order valence-corrected chi connectivity index (χ2v) is 5.40. The lowest BCUT2D eigenvalue weighted by Gasteiger charge is -2.32. The molecule has 0 rings (SSSR count). The van der Waals surface area contributed by atoms with Crippen LogP contribution in [0, 0.1) is 0 Å². The summed E-state index contributed by atoms with van der Waals surface area (Å²) in [4.78, 5) is 16.6. The summed E-state index contributed by atoms with van der Waals surface area (Å²) in [7, 11) is 0. The maximum atomic E-state index is 12.3. The fourth-order valence-corrected chi connectivity index (χ4v) is 2.47. The quantitative estimate of drug-likeness (QED) is 0.599. The number of carbonyl (C=O) groups is 1. The average molecular weight is 285 g/mol. The van der Waals surface area contributed by atoms with Crippen LogP contribution in [-0.2, 0) is 4.79 Å². The van der Waals surface area contributed by atoms with Crippen LogP contribution < -0.4 is 5.73 Å². The third-order valence-corrected chi connectivity index (χ3v) is 3.91. The number of nitrogens with zero attached hydrogens (tertiary/aromatic N) is 2. The molecule has 0 heterocycles. The minimum atomic E-state index is 0.196. The van der Waals surface area contributed by atoms with Crippen molar-refractivity contribution in [2.45, 2.75) is 65.8 Å². The molecule has 0 aromatic carbocycles. The fourth-order valence-electron chi connectivity index (χ4n) is 2.47. The fraction of sp³-hybridized carbons (Fsp3) is 0.938. The molecule has 1 atom stereocenters. The molecule has 0 spiro atoms. The Morgan fingerprint density at radius 3 is 1.85 bits per heavy atom. The van der Waals surface area contributed by atoms with E-state index in [0.717, 1.165) is 26.2 Å². The molecule has 0 aliphatic carbocycles. The Balaban J connectivity index is 4.57. The lowest BCUT2D eigenvalue weighted by atomic mass is 10.1. The normalized spacial score (nSPS) is 12.7. The molecule has 1 amide bonds. The molecule has 0 aromatic rings. The Hall–Kier alpha value is -0.610. The molecule has 0 bridgehead atoms. The van der Waals surface area contributed by atoms with E-state index < -0.39 is 0 Å². The van der Waals surface area contributed by atoms with Crippen LogP contribution in [0.25, 0.3) is 0 Å². The highest BCUT2D eigenvalue weighted by atomic mass is 16.2. The summed E-state index contributed by atoms with van der Waals surface area (Å²) in [6, 6.07) is 0.196. The van der Waals surface area contributed by atoms with Gasteiger partial charge in [-0.1, -0.05) is 26.7 Å². The summed E-state index contributed by atoms with van der Waals surface area (Å²) in [6.07, 6.45) is 5.29. The van der Waals surface area contributed by atoms with Crippen molar-refractivity contribution in [3.63, 3.8) is 0 Å². The van der Waals surface area contributed by atoms with Gasteiger partial charge in [0.1, 0.15) is 0 Å². The van der Waals surface area contributed by atoms with Crippen LogP contribution in [0.5, 0.6) is 0 Å². The third kappa shape index (κ3) is 7.25. The van der Waals surface area contributed by atoms with E-state index in [1.807, 2.05) is 18.7 Å². The predicted molar refractivity (Wildman–Crippen MR) is 86.8 cm³/mol. The molecule has 0 saturated heterocycles. The number of carbonyl (C=O) groups excluding carboxylic acids is 1. The maximum Gasteiger partial charge on any atom is 0.224 e. The smallest absolute Gasteiger partial charge is 0.224 e. The highest BCUT2D eigenvalue weighted by Gasteiger charge is 2.21.